The first-order valence-electron chi connectivity index (χ1n) is 5.93. The molecule has 0 spiro atoms. The number of fused-ring (bicyclic) bond motifs is 1. The van der Waals surface area contributed by atoms with Gasteiger partial charge in [-0.3, -0.25) is 0 Å². The Morgan fingerprint density at radius 2 is 2.00 bits per heavy atom. The zero-order valence-corrected chi connectivity index (χ0v) is 11.2. The fraction of sp³-hybridized carbons (Fsp3) is 0.231. The van der Waals surface area contributed by atoms with Crippen LogP contribution in [0.25, 0.3) is 0 Å². The molecule has 1 aromatic heterocycles. The average Bonchev–Trinajstić information content (AvgIpc) is 2.89. The van der Waals surface area contributed by atoms with E-state index < -0.39 is 0 Å². The van der Waals surface area contributed by atoms with Crippen LogP contribution in [0.15, 0.2) is 24.3 Å². The number of anilines is 2. The van der Waals surface area contributed by atoms with Gasteiger partial charge in [0.25, 0.3) is 0 Å². The number of methoxy groups -OCH3 is 1. The van der Waals surface area contributed by atoms with Crippen molar-refractivity contribution in [3.63, 3.8) is 0 Å². The van der Waals surface area contributed by atoms with Crippen LogP contribution >= 0.6 is 11.6 Å². The van der Waals surface area contributed by atoms with Gasteiger partial charge in [-0.2, -0.15) is 9.97 Å². The number of hydrogen-bond acceptors (Lipinski definition) is 5. The SMILES string of the molecule is COc1nc2c(c(Nc3ccc(Cl)cc3)n1)CNC2. The third-order valence-corrected chi connectivity index (χ3v) is 3.21. The van der Waals surface area contributed by atoms with Crippen molar-refractivity contribution >= 4 is 23.1 Å². The summed E-state index contributed by atoms with van der Waals surface area (Å²) in [5.41, 5.74) is 2.98. The summed E-state index contributed by atoms with van der Waals surface area (Å²) >= 11 is 5.87. The van der Waals surface area contributed by atoms with E-state index in [-0.39, 0.29) is 0 Å². The highest BCUT2D eigenvalue weighted by atomic mass is 35.5. The molecule has 19 heavy (non-hydrogen) atoms. The molecule has 3 rings (SSSR count). The average molecular weight is 277 g/mol. The highest BCUT2D eigenvalue weighted by Crippen LogP contribution is 2.26. The predicted molar refractivity (Wildman–Crippen MR) is 73.9 cm³/mol. The maximum absolute atomic E-state index is 5.87. The molecular weight excluding hydrogens is 264 g/mol. The van der Waals surface area contributed by atoms with E-state index in [0.29, 0.717) is 11.0 Å². The summed E-state index contributed by atoms with van der Waals surface area (Å²) in [5.74, 6) is 0.772. The minimum atomic E-state index is 0.374. The Morgan fingerprint density at radius 1 is 1.21 bits per heavy atom. The van der Waals surface area contributed by atoms with Crippen LogP contribution in [0.4, 0.5) is 11.5 Å². The molecule has 2 heterocycles. The second kappa shape index (κ2) is 5.03. The van der Waals surface area contributed by atoms with Crippen molar-refractivity contribution in [2.45, 2.75) is 13.1 Å². The Bertz CT molecular complexity index is 600. The smallest absolute Gasteiger partial charge is 0.318 e. The second-order valence-electron chi connectivity index (χ2n) is 4.22. The van der Waals surface area contributed by atoms with E-state index in [2.05, 4.69) is 20.6 Å². The Hall–Kier alpha value is -1.85. The molecule has 1 aliphatic heterocycles. The Morgan fingerprint density at radius 3 is 2.74 bits per heavy atom. The van der Waals surface area contributed by atoms with Crippen LogP contribution in [0.1, 0.15) is 11.3 Å². The fourth-order valence-corrected chi connectivity index (χ4v) is 2.14. The summed E-state index contributed by atoms with van der Waals surface area (Å²) in [6.45, 7) is 1.50. The molecule has 5 nitrogen and oxygen atoms in total. The third kappa shape index (κ3) is 2.47. The van der Waals surface area contributed by atoms with Gasteiger partial charge in [-0.25, -0.2) is 0 Å². The first kappa shape index (κ1) is 12.2. The quantitative estimate of drug-likeness (QED) is 0.902. The van der Waals surface area contributed by atoms with Gasteiger partial charge < -0.3 is 15.4 Å². The maximum Gasteiger partial charge on any atom is 0.318 e. The molecule has 0 saturated carbocycles. The molecular formula is C13H13ClN4O. The van der Waals surface area contributed by atoms with Crippen molar-refractivity contribution in [3.8, 4) is 6.01 Å². The van der Waals surface area contributed by atoms with Gasteiger partial charge in [-0.15, -0.1) is 0 Å². The van der Waals surface area contributed by atoms with Gasteiger partial charge in [0, 0.05) is 29.4 Å². The van der Waals surface area contributed by atoms with E-state index in [1.165, 1.54) is 0 Å². The number of aromatic nitrogens is 2. The van der Waals surface area contributed by atoms with E-state index in [1.54, 1.807) is 7.11 Å². The number of halogens is 1. The molecule has 6 heteroatoms. The lowest BCUT2D eigenvalue weighted by molar-refractivity contribution is 0.379. The van der Waals surface area contributed by atoms with Crippen LogP contribution in [0.3, 0.4) is 0 Å². The largest absolute Gasteiger partial charge is 0.467 e. The van der Waals surface area contributed by atoms with E-state index in [0.717, 1.165) is 35.9 Å². The molecule has 0 unspecified atom stereocenters. The van der Waals surface area contributed by atoms with Crippen molar-refractivity contribution < 1.29 is 4.74 Å². The number of nitrogens with one attached hydrogen (secondary N) is 2. The third-order valence-electron chi connectivity index (χ3n) is 2.96. The van der Waals surface area contributed by atoms with Gasteiger partial charge in [0.1, 0.15) is 5.82 Å². The van der Waals surface area contributed by atoms with Gasteiger partial charge in [-0.1, -0.05) is 11.6 Å². The molecule has 0 amide bonds. The highest BCUT2D eigenvalue weighted by Gasteiger charge is 2.19. The molecule has 2 aromatic rings. The molecule has 1 aliphatic rings. The van der Waals surface area contributed by atoms with Crippen molar-refractivity contribution in [2.24, 2.45) is 0 Å². The van der Waals surface area contributed by atoms with Gasteiger partial charge in [0.15, 0.2) is 0 Å². The van der Waals surface area contributed by atoms with Gasteiger partial charge >= 0.3 is 6.01 Å². The van der Waals surface area contributed by atoms with Crippen LogP contribution in [-0.4, -0.2) is 17.1 Å². The van der Waals surface area contributed by atoms with Gasteiger partial charge in [-0.05, 0) is 24.3 Å². The summed E-state index contributed by atoms with van der Waals surface area (Å²) in [7, 11) is 1.57. The van der Waals surface area contributed by atoms with Crippen LogP contribution in [0, 0.1) is 0 Å². The number of benzene rings is 1. The van der Waals surface area contributed by atoms with E-state index >= 15 is 0 Å². The zero-order valence-electron chi connectivity index (χ0n) is 10.4. The monoisotopic (exact) mass is 276 g/mol. The summed E-state index contributed by atoms with van der Waals surface area (Å²) in [6.07, 6.45) is 0. The van der Waals surface area contributed by atoms with Crippen molar-refractivity contribution in [2.75, 3.05) is 12.4 Å². The van der Waals surface area contributed by atoms with Crippen molar-refractivity contribution in [1.82, 2.24) is 15.3 Å². The lowest BCUT2D eigenvalue weighted by Crippen LogP contribution is -2.04. The molecule has 0 saturated heterocycles. The van der Waals surface area contributed by atoms with E-state index in [4.69, 9.17) is 16.3 Å². The van der Waals surface area contributed by atoms with Crippen LogP contribution < -0.4 is 15.4 Å². The predicted octanol–water partition coefficient (Wildman–Crippen LogP) is 2.49. The zero-order chi connectivity index (χ0) is 13.2. The van der Waals surface area contributed by atoms with Crippen LogP contribution in [-0.2, 0) is 13.1 Å². The van der Waals surface area contributed by atoms with Gasteiger partial charge in [0.05, 0.1) is 12.8 Å². The van der Waals surface area contributed by atoms with Crippen molar-refractivity contribution in [3.05, 3.63) is 40.5 Å². The molecule has 0 bridgehead atoms. The molecule has 2 N–H and O–H groups in total. The van der Waals surface area contributed by atoms with Crippen LogP contribution in [0.2, 0.25) is 5.02 Å². The molecule has 0 radical (unpaired) electrons. The number of ether oxygens (including phenoxy) is 1. The Balaban J connectivity index is 1.95. The maximum atomic E-state index is 5.87. The van der Waals surface area contributed by atoms with Crippen LogP contribution in [0.5, 0.6) is 6.01 Å². The lowest BCUT2D eigenvalue weighted by Gasteiger charge is -2.11. The summed E-state index contributed by atoms with van der Waals surface area (Å²) in [5, 5.41) is 7.24. The fourth-order valence-electron chi connectivity index (χ4n) is 2.01. The van der Waals surface area contributed by atoms with Crippen molar-refractivity contribution in [1.29, 1.82) is 0 Å². The first-order chi connectivity index (χ1) is 9.26. The standard InChI is InChI=1S/C13H13ClN4O/c1-19-13-17-11-7-15-6-10(11)12(18-13)16-9-4-2-8(14)3-5-9/h2-5,15H,6-7H2,1H3,(H,16,17,18). The summed E-state index contributed by atoms with van der Waals surface area (Å²) < 4.78 is 5.13. The first-order valence-corrected chi connectivity index (χ1v) is 6.31. The minimum absolute atomic E-state index is 0.374. The molecule has 98 valence electrons. The molecule has 0 aliphatic carbocycles. The Kier molecular flexibility index (Phi) is 3.23. The molecule has 0 atom stereocenters. The number of nitrogens with zero attached hydrogens (tertiary/aromatic N) is 2. The minimum Gasteiger partial charge on any atom is -0.467 e. The normalized spacial score (nSPS) is 13.2. The number of rotatable bonds is 3. The highest BCUT2D eigenvalue weighted by molar-refractivity contribution is 6.30. The second-order valence-corrected chi connectivity index (χ2v) is 4.66. The van der Waals surface area contributed by atoms with E-state index in [1.807, 2.05) is 24.3 Å². The molecule has 0 fully saturated rings. The lowest BCUT2D eigenvalue weighted by atomic mass is 10.2. The van der Waals surface area contributed by atoms with Gasteiger partial charge in [0.2, 0.25) is 0 Å². The Labute approximate surface area is 116 Å². The summed E-state index contributed by atoms with van der Waals surface area (Å²) in [4.78, 5) is 8.69. The number of hydrogen-bond donors (Lipinski definition) is 2. The van der Waals surface area contributed by atoms with E-state index in [9.17, 15) is 0 Å². The topological polar surface area (TPSA) is 59.1 Å². The molecule has 1 aromatic carbocycles. The summed E-state index contributed by atoms with van der Waals surface area (Å²) in [6, 6.07) is 7.86.